The normalized spacial score (nSPS) is 38.7. The first-order valence-corrected chi connectivity index (χ1v) is 5.78. The Kier molecular flexibility index (Phi) is 2.98. The highest BCUT2D eigenvalue weighted by Gasteiger charge is 2.44. The molecule has 1 N–H and O–H groups in total. The molecular weight excluding hydrogens is 192 g/mol. The average Bonchev–Trinajstić information content (AvgIpc) is 2.76. The fourth-order valence-electron chi connectivity index (χ4n) is 3.00. The van der Waals surface area contributed by atoms with Crippen LogP contribution in [-0.2, 0) is 4.79 Å². The molecule has 2 saturated heterocycles. The maximum Gasteiger partial charge on any atom is 0.309 e. The minimum absolute atomic E-state index is 0.205. The zero-order valence-electron chi connectivity index (χ0n) is 9.52. The van der Waals surface area contributed by atoms with Crippen molar-refractivity contribution >= 4 is 5.97 Å². The number of likely N-dealkylation sites (N-methyl/N-ethyl adjacent to an activating group) is 1. The van der Waals surface area contributed by atoms with Gasteiger partial charge in [-0.3, -0.25) is 9.69 Å². The van der Waals surface area contributed by atoms with Crippen molar-refractivity contribution in [3.63, 3.8) is 0 Å². The quantitative estimate of drug-likeness (QED) is 0.723. The molecule has 0 aromatic carbocycles. The summed E-state index contributed by atoms with van der Waals surface area (Å²) >= 11 is 0. The molecule has 0 radical (unpaired) electrons. The second-order valence-electron chi connectivity index (χ2n) is 4.86. The molecule has 2 fully saturated rings. The van der Waals surface area contributed by atoms with Crippen molar-refractivity contribution in [2.24, 2.45) is 5.92 Å². The van der Waals surface area contributed by atoms with Crippen LogP contribution >= 0.6 is 0 Å². The van der Waals surface area contributed by atoms with Gasteiger partial charge in [-0.05, 0) is 39.9 Å². The number of carboxylic acids is 1. The van der Waals surface area contributed by atoms with E-state index in [9.17, 15) is 9.90 Å². The van der Waals surface area contributed by atoms with E-state index in [-0.39, 0.29) is 12.0 Å². The van der Waals surface area contributed by atoms with E-state index in [0.29, 0.717) is 12.6 Å². The monoisotopic (exact) mass is 212 g/mol. The van der Waals surface area contributed by atoms with Gasteiger partial charge in [-0.15, -0.1) is 0 Å². The van der Waals surface area contributed by atoms with Crippen molar-refractivity contribution in [1.29, 1.82) is 0 Å². The number of carboxylic acid groups (broad SMARTS) is 1. The van der Waals surface area contributed by atoms with Gasteiger partial charge >= 0.3 is 5.97 Å². The van der Waals surface area contributed by atoms with Crippen LogP contribution in [0.2, 0.25) is 0 Å². The maximum atomic E-state index is 11.2. The standard InChI is InChI=1S/C11H20N2O2/c1-8-10(13-5-3-4-6-13)9(11(14)15)7-12(8)2/h8-10H,3-7H2,1-2H3,(H,14,15). The Hall–Kier alpha value is -0.610. The maximum absolute atomic E-state index is 11.2. The summed E-state index contributed by atoms with van der Waals surface area (Å²) in [7, 11) is 2.02. The molecule has 0 amide bonds. The third-order valence-corrected chi connectivity index (χ3v) is 3.97. The van der Waals surface area contributed by atoms with Gasteiger partial charge in [0.15, 0.2) is 0 Å². The predicted molar refractivity (Wildman–Crippen MR) is 57.8 cm³/mol. The van der Waals surface area contributed by atoms with Crippen molar-refractivity contribution < 1.29 is 9.90 Å². The van der Waals surface area contributed by atoms with Crippen molar-refractivity contribution in [2.45, 2.75) is 31.8 Å². The van der Waals surface area contributed by atoms with Crippen LogP contribution in [0.25, 0.3) is 0 Å². The highest BCUT2D eigenvalue weighted by molar-refractivity contribution is 5.72. The number of likely N-dealkylation sites (tertiary alicyclic amines) is 2. The van der Waals surface area contributed by atoms with Gasteiger partial charge in [-0.25, -0.2) is 0 Å². The largest absolute Gasteiger partial charge is 0.481 e. The van der Waals surface area contributed by atoms with Crippen LogP contribution in [0.1, 0.15) is 19.8 Å². The molecule has 0 saturated carbocycles. The van der Waals surface area contributed by atoms with Gasteiger partial charge < -0.3 is 10.0 Å². The lowest BCUT2D eigenvalue weighted by molar-refractivity contribution is -0.142. The zero-order valence-corrected chi connectivity index (χ0v) is 9.52. The highest BCUT2D eigenvalue weighted by Crippen LogP contribution is 2.29. The molecule has 0 bridgehead atoms. The Morgan fingerprint density at radius 3 is 2.47 bits per heavy atom. The summed E-state index contributed by atoms with van der Waals surface area (Å²) in [4.78, 5) is 15.7. The van der Waals surface area contributed by atoms with E-state index in [1.54, 1.807) is 0 Å². The van der Waals surface area contributed by atoms with E-state index >= 15 is 0 Å². The second-order valence-corrected chi connectivity index (χ2v) is 4.86. The first-order chi connectivity index (χ1) is 7.11. The molecule has 3 unspecified atom stereocenters. The first kappa shape index (κ1) is 10.9. The Bertz CT molecular complexity index is 251. The van der Waals surface area contributed by atoms with Gasteiger partial charge in [0.1, 0.15) is 0 Å². The minimum atomic E-state index is -0.636. The van der Waals surface area contributed by atoms with Crippen LogP contribution in [0.15, 0.2) is 0 Å². The summed E-state index contributed by atoms with van der Waals surface area (Å²) in [5, 5.41) is 9.23. The number of hydrogen-bond acceptors (Lipinski definition) is 3. The Balaban J connectivity index is 2.13. The first-order valence-electron chi connectivity index (χ1n) is 5.78. The molecule has 2 rings (SSSR count). The summed E-state index contributed by atoms with van der Waals surface area (Å²) in [5.41, 5.74) is 0. The van der Waals surface area contributed by atoms with Crippen LogP contribution in [-0.4, -0.2) is 59.6 Å². The summed E-state index contributed by atoms with van der Waals surface area (Å²) in [6.07, 6.45) is 2.44. The SMILES string of the molecule is CC1C(N2CCCC2)C(C(=O)O)CN1C. The van der Waals surface area contributed by atoms with Crippen molar-refractivity contribution in [1.82, 2.24) is 9.80 Å². The lowest BCUT2D eigenvalue weighted by atomic mass is 9.98. The molecule has 15 heavy (non-hydrogen) atoms. The van der Waals surface area contributed by atoms with E-state index < -0.39 is 5.97 Å². The van der Waals surface area contributed by atoms with E-state index in [1.165, 1.54) is 12.8 Å². The topological polar surface area (TPSA) is 43.8 Å². The summed E-state index contributed by atoms with van der Waals surface area (Å²) in [5.74, 6) is -0.841. The molecule has 0 spiro atoms. The lowest BCUT2D eigenvalue weighted by Gasteiger charge is -2.30. The molecule has 0 aliphatic carbocycles. The van der Waals surface area contributed by atoms with Gasteiger partial charge in [0.2, 0.25) is 0 Å². The predicted octanol–water partition coefficient (Wildman–Crippen LogP) is 0.486. The Morgan fingerprint density at radius 1 is 1.33 bits per heavy atom. The molecule has 3 atom stereocenters. The molecule has 0 aromatic rings. The van der Waals surface area contributed by atoms with E-state index in [4.69, 9.17) is 0 Å². The summed E-state index contributed by atoms with van der Waals surface area (Å²) < 4.78 is 0. The van der Waals surface area contributed by atoms with Gasteiger partial charge in [-0.2, -0.15) is 0 Å². The number of carbonyl (C=O) groups is 1. The van der Waals surface area contributed by atoms with Crippen molar-refractivity contribution in [3.05, 3.63) is 0 Å². The zero-order chi connectivity index (χ0) is 11.0. The van der Waals surface area contributed by atoms with Gasteiger partial charge in [0.25, 0.3) is 0 Å². The molecule has 2 heterocycles. The number of aliphatic carboxylic acids is 1. The Labute approximate surface area is 90.9 Å². The van der Waals surface area contributed by atoms with Gasteiger partial charge in [-0.1, -0.05) is 0 Å². The van der Waals surface area contributed by atoms with Crippen molar-refractivity contribution in [3.8, 4) is 0 Å². The van der Waals surface area contributed by atoms with Gasteiger partial charge in [0.05, 0.1) is 5.92 Å². The molecule has 4 nitrogen and oxygen atoms in total. The molecule has 2 aliphatic rings. The molecule has 4 heteroatoms. The fraction of sp³-hybridized carbons (Fsp3) is 0.909. The van der Waals surface area contributed by atoms with E-state index in [0.717, 1.165) is 13.1 Å². The molecular formula is C11H20N2O2. The smallest absolute Gasteiger partial charge is 0.309 e. The summed E-state index contributed by atoms with van der Waals surface area (Å²) in [6.45, 7) is 4.99. The lowest BCUT2D eigenvalue weighted by Crippen LogP contribution is -2.45. The third-order valence-electron chi connectivity index (χ3n) is 3.97. The van der Waals surface area contributed by atoms with Crippen LogP contribution in [0, 0.1) is 5.92 Å². The summed E-state index contributed by atoms with van der Waals surface area (Å²) in [6, 6.07) is 0.583. The molecule has 0 aromatic heterocycles. The third kappa shape index (κ3) is 1.88. The van der Waals surface area contributed by atoms with Crippen LogP contribution in [0.5, 0.6) is 0 Å². The van der Waals surface area contributed by atoms with Crippen molar-refractivity contribution in [2.75, 3.05) is 26.7 Å². The second kappa shape index (κ2) is 4.10. The fourth-order valence-corrected chi connectivity index (χ4v) is 3.00. The Morgan fingerprint density at radius 2 is 1.93 bits per heavy atom. The number of nitrogens with zero attached hydrogens (tertiary/aromatic N) is 2. The van der Waals surface area contributed by atoms with E-state index in [2.05, 4.69) is 16.7 Å². The van der Waals surface area contributed by atoms with Crippen LogP contribution in [0.3, 0.4) is 0 Å². The van der Waals surface area contributed by atoms with Crippen LogP contribution in [0.4, 0.5) is 0 Å². The number of rotatable bonds is 2. The van der Waals surface area contributed by atoms with Gasteiger partial charge in [0, 0.05) is 18.6 Å². The number of hydrogen-bond donors (Lipinski definition) is 1. The average molecular weight is 212 g/mol. The molecule has 2 aliphatic heterocycles. The molecule has 86 valence electrons. The highest BCUT2D eigenvalue weighted by atomic mass is 16.4. The van der Waals surface area contributed by atoms with Crippen LogP contribution < -0.4 is 0 Å². The van der Waals surface area contributed by atoms with E-state index in [1.807, 2.05) is 7.05 Å². The minimum Gasteiger partial charge on any atom is -0.481 e.